The first-order valence-electron chi connectivity index (χ1n) is 7.35. The number of nitrogens with one attached hydrogen (secondary N) is 1. The first-order valence-corrected chi connectivity index (χ1v) is 7.35. The highest BCUT2D eigenvalue weighted by atomic mass is 15.2. The van der Waals surface area contributed by atoms with Gasteiger partial charge in [0.05, 0.1) is 6.07 Å². The quantitative estimate of drug-likeness (QED) is 0.721. The molecular formula is C15H29N3. The van der Waals surface area contributed by atoms with Gasteiger partial charge < -0.3 is 0 Å². The van der Waals surface area contributed by atoms with Gasteiger partial charge in [-0.05, 0) is 45.1 Å². The van der Waals surface area contributed by atoms with Crippen molar-refractivity contribution in [3.8, 4) is 6.07 Å². The number of nitrogens with zero attached hydrogens (tertiary/aromatic N) is 2. The average Bonchev–Trinajstić information content (AvgIpc) is 3.10. The highest BCUT2D eigenvalue weighted by Crippen LogP contribution is 2.40. The van der Waals surface area contributed by atoms with Crippen molar-refractivity contribution in [3.63, 3.8) is 0 Å². The maximum Gasteiger partial charge on any atom is 0.122 e. The Bertz CT molecular complexity index is 289. The van der Waals surface area contributed by atoms with E-state index in [2.05, 4.69) is 50.9 Å². The Morgan fingerprint density at radius 1 is 1.33 bits per heavy atom. The van der Waals surface area contributed by atoms with Crippen LogP contribution >= 0.6 is 0 Å². The van der Waals surface area contributed by atoms with Crippen LogP contribution in [0.1, 0.15) is 47.5 Å². The van der Waals surface area contributed by atoms with Crippen LogP contribution < -0.4 is 5.32 Å². The molecule has 0 saturated heterocycles. The van der Waals surface area contributed by atoms with Crippen molar-refractivity contribution in [1.82, 2.24) is 10.2 Å². The summed E-state index contributed by atoms with van der Waals surface area (Å²) in [6.45, 7) is 13.8. The molecule has 1 rings (SSSR count). The average molecular weight is 251 g/mol. The lowest BCUT2D eigenvalue weighted by molar-refractivity contribution is 0.146. The van der Waals surface area contributed by atoms with Gasteiger partial charge in [-0.3, -0.25) is 10.2 Å². The van der Waals surface area contributed by atoms with Crippen LogP contribution in [0.2, 0.25) is 0 Å². The Labute approximate surface area is 113 Å². The van der Waals surface area contributed by atoms with E-state index in [9.17, 15) is 5.26 Å². The molecule has 104 valence electrons. The fourth-order valence-electron chi connectivity index (χ4n) is 2.63. The van der Waals surface area contributed by atoms with Gasteiger partial charge in [0.1, 0.15) is 5.54 Å². The van der Waals surface area contributed by atoms with E-state index < -0.39 is 0 Å². The highest BCUT2D eigenvalue weighted by molar-refractivity contribution is 5.16. The van der Waals surface area contributed by atoms with E-state index >= 15 is 0 Å². The summed E-state index contributed by atoms with van der Waals surface area (Å²) in [5.41, 5.74) is -0.325. The Kier molecular flexibility index (Phi) is 5.62. The van der Waals surface area contributed by atoms with Crippen LogP contribution in [0.4, 0.5) is 0 Å². The van der Waals surface area contributed by atoms with Gasteiger partial charge in [0.2, 0.25) is 0 Å². The van der Waals surface area contributed by atoms with Crippen LogP contribution in [0, 0.1) is 23.2 Å². The van der Waals surface area contributed by atoms with Gasteiger partial charge in [0.25, 0.3) is 0 Å². The molecule has 0 bridgehead atoms. The molecule has 1 saturated carbocycles. The Hall–Kier alpha value is -0.590. The third kappa shape index (κ3) is 3.96. The van der Waals surface area contributed by atoms with Gasteiger partial charge in [0, 0.05) is 19.1 Å². The molecule has 18 heavy (non-hydrogen) atoms. The minimum Gasteiger partial charge on any atom is -0.298 e. The zero-order valence-corrected chi connectivity index (χ0v) is 12.7. The molecule has 1 unspecified atom stereocenters. The predicted octanol–water partition coefficient (Wildman–Crippen LogP) is 2.63. The zero-order chi connectivity index (χ0) is 13.8. The fraction of sp³-hybridized carbons (Fsp3) is 0.933. The van der Waals surface area contributed by atoms with Crippen molar-refractivity contribution >= 4 is 0 Å². The molecule has 0 heterocycles. The molecule has 0 aromatic heterocycles. The monoisotopic (exact) mass is 251 g/mol. The second-order valence-corrected chi connectivity index (χ2v) is 6.30. The van der Waals surface area contributed by atoms with Crippen molar-refractivity contribution in [2.24, 2.45) is 11.8 Å². The minimum absolute atomic E-state index is 0.325. The van der Waals surface area contributed by atoms with Crippen LogP contribution in [-0.2, 0) is 0 Å². The smallest absolute Gasteiger partial charge is 0.122 e. The van der Waals surface area contributed by atoms with Crippen LogP contribution in [0.15, 0.2) is 0 Å². The summed E-state index contributed by atoms with van der Waals surface area (Å²) in [6.07, 6.45) is 2.41. The zero-order valence-electron chi connectivity index (χ0n) is 12.7. The van der Waals surface area contributed by atoms with E-state index in [-0.39, 0.29) is 5.54 Å². The summed E-state index contributed by atoms with van der Waals surface area (Å²) in [6, 6.07) is 3.08. The van der Waals surface area contributed by atoms with Crippen molar-refractivity contribution in [1.29, 1.82) is 5.26 Å². The third-order valence-corrected chi connectivity index (χ3v) is 3.75. The molecule has 0 amide bonds. The van der Waals surface area contributed by atoms with Crippen molar-refractivity contribution in [3.05, 3.63) is 0 Å². The lowest BCUT2D eigenvalue weighted by Crippen LogP contribution is -2.56. The van der Waals surface area contributed by atoms with Gasteiger partial charge in [-0.15, -0.1) is 0 Å². The molecule has 3 nitrogen and oxygen atoms in total. The first-order chi connectivity index (χ1) is 8.45. The van der Waals surface area contributed by atoms with Crippen LogP contribution in [0.5, 0.6) is 0 Å². The molecule has 1 N–H and O–H groups in total. The van der Waals surface area contributed by atoms with Crippen molar-refractivity contribution < 1.29 is 0 Å². The van der Waals surface area contributed by atoms with Gasteiger partial charge >= 0.3 is 0 Å². The molecule has 0 radical (unpaired) electrons. The molecule has 1 aliphatic carbocycles. The second-order valence-electron chi connectivity index (χ2n) is 6.30. The van der Waals surface area contributed by atoms with Crippen molar-refractivity contribution in [2.45, 2.75) is 59.0 Å². The van der Waals surface area contributed by atoms with Crippen LogP contribution in [0.25, 0.3) is 0 Å². The molecule has 1 aliphatic rings. The summed E-state index contributed by atoms with van der Waals surface area (Å²) in [4.78, 5) is 2.45. The minimum atomic E-state index is -0.325. The van der Waals surface area contributed by atoms with E-state index in [4.69, 9.17) is 0 Å². The van der Waals surface area contributed by atoms with E-state index in [0.717, 1.165) is 19.6 Å². The molecule has 0 spiro atoms. The van der Waals surface area contributed by atoms with E-state index in [1.165, 1.54) is 12.8 Å². The number of likely N-dealkylation sites (N-methyl/N-ethyl adjacent to an activating group) is 1. The fourth-order valence-corrected chi connectivity index (χ4v) is 2.63. The van der Waals surface area contributed by atoms with Crippen LogP contribution in [0.3, 0.4) is 0 Å². The molecule has 1 fully saturated rings. The third-order valence-electron chi connectivity index (χ3n) is 3.75. The Balaban J connectivity index is 2.76. The molecule has 0 aliphatic heterocycles. The highest BCUT2D eigenvalue weighted by Gasteiger charge is 2.46. The lowest BCUT2D eigenvalue weighted by atomic mass is 9.93. The Morgan fingerprint density at radius 3 is 2.28 bits per heavy atom. The van der Waals surface area contributed by atoms with E-state index in [1.54, 1.807) is 0 Å². The van der Waals surface area contributed by atoms with E-state index in [1.807, 2.05) is 0 Å². The second kappa shape index (κ2) is 6.54. The lowest BCUT2D eigenvalue weighted by Gasteiger charge is -2.37. The SMILES string of the molecule is CCNC(C#N)(CN(CC(C)C)C(C)C)C1CC1. The molecular weight excluding hydrogens is 222 g/mol. The predicted molar refractivity (Wildman–Crippen MR) is 76.3 cm³/mol. The number of rotatable bonds is 8. The first kappa shape index (κ1) is 15.5. The maximum atomic E-state index is 9.64. The summed E-state index contributed by atoms with van der Waals surface area (Å²) in [5.74, 6) is 1.19. The maximum absolute atomic E-state index is 9.64. The number of hydrogen-bond donors (Lipinski definition) is 1. The molecule has 3 heteroatoms. The summed E-state index contributed by atoms with van der Waals surface area (Å²) < 4.78 is 0. The number of nitriles is 1. The summed E-state index contributed by atoms with van der Waals surface area (Å²) >= 11 is 0. The van der Waals surface area contributed by atoms with Crippen LogP contribution in [-0.4, -0.2) is 36.1 Å². The summed E-state index contributed by atoms with van der Waals surface area (Å²) in [7, 11) is 0. The van der Waals surface area contributed by atoms with E-state index in [0.29, 0.717) is 17.9 Å². The molecule has 1 atom stereocenters. The van der Waals surface area contributed by atoms with Gasteiger partial charge in [0.15, 0.2) is 0 Å². The Morgan fingerprint density at radius 2 is 1.94 bits per heavy atom. The summed E-state index contributed by atoms with van der Waals surface area (Å²) in [5, 5.41) is 13.1. The normalized spacial score (nSPS) is 19.3. The number of hydrogen-bond acceptors (Lipinski definition) is 3. The largest absolute Gasteiger partial charge is 0.298 e. The molecule has 0 aromatic carbocycles. The van der Waals surface area contributed by atoms with Gasteiger partial charge in [-0.1, -0.05) is 20.8 Å². The molecule has 0 aromatic rings. The van der Waals surface area contributed by atoms with Gasteiger partial charge in [-0.25, -0.2) is 0 Å². The van der Waals surface area contributed by atoms with Crippen molar-refractivity contribution in [2.75, 3.05) is 19.6 Å². The standard InChI is InChI=1S/C15H29N3/c1-6-17-15(10-16,14-7-8-14)11-18(13(4)5)9-12(2)3/h12-14,17H,6-9,11H2,1-5H3. The topological polar surface area (TPSA) is 39.1 Å². The van der Waals surface area contributed by atoms with Gasteiger partial charge in [-0.2, -0.15) is 5.26 Å².